The van der Waals surface area contributed by atoms with E-state index in [1.807, 2.05) is 0 Å². The van der Waals surface area contributed by atoms with Crippen LogP contribution >= 0.6 is 0 Å². The van der Waals surface area contributed by atoms with E-state index in [0.717, 1.165) is 25.7 Å². The number of hydrogen-bond acceptors (Lipinski definition) is 2. The first-order valence-electron chi connectivity index (χ1n) is 9.48. The summed E-state index contributed by atoms with van der Waals surface area (Å²) in [4.78, 5) is 12.4. The van der Waals surface area contributed by atoms with E-state index in [0.29, 0.717) is 12.3 Å². The second kappa shape index (κ2) is 11.2. The van der Waals surface area contributed by atoms with E-state index in [-0.39, 0.29) is 5.41 Å². The summed E-state index contributed by atoms with van der Waals surface area (Å²) in [5.41, 5.74) is 5.74. The molecule has 2 nitrogen and oxygen atoms in total. The van der Waals surface area contributed by atoms with Gasteiger partial charge in [0.1, 0.15) is 5.78 Å². The van der Waals surface area contributed by atoms with Gasteiger partial charge in [-0.3, -0.25) is 4.79 Å². The van der Waals surface area contributed by atoms with Crippen LogP contribution in [0, 0.1) is 5.41 Å². The first kappa shape index (κ1) is 18.7. The minimum absolute atomic E-state index is 0.126. The highest BCUT2D eigenvalue weighted by molar-refractivity contribution is 5.85. The van der Waals surface area contributed by atoms with E-state index >= 15 is 0 Å². The largest absolute Gasteiger partial charge is 0.329 e. The summed E-state index contributed by atoms with van der Waals surface area (Å²) in [6.45, 7) is 2.84. The molecule has 0 aromatic carbocycles. The molecule has 1 aliphatic carbocycles. The fourth-order valence-corrected chi connectivity index (χ4v) is 3.69. The zero-order valence-corrected chi connectivity index (χ0v) is 14.3. The average Bonchev–Trinajstić information content (AvgIpc) is 2.99. The van der Waals surface area contributed by atoms with Crippen molar-refractivity contribution in [3.8, 4) is 0 Å². The summed E-state index contributed by atoms with van der Waals surface area (Å²) in [7, 11) is 0. The highest BCUT2D eigenvalue weighted by Crippen LogP contribution is 2.39. The van der Waals surface area contributed by atoms with Gasteiger partial charge in [0.2, 0.25) is 0 Å². The molecule has 1 saturated carbocycles. The second-order valence-corrected chi connectivity index (χ2v) is 7.05. The summed E-state index contributed by atoms with van der Waals surface area (Å²) < 4.78 is 0. The smallest absolute Gasteiger partial charge is 0.140 e. The van der Waals surface area contributed by atoms with Crippen LogP contribution in [0.2, 0.25) is 0 Å². The highest BCUT2D eigenvalue weighted by atomic mass is 16.1. The molecule has 1 rings (SSSR count). The maximum Gasteiger partial charge on any atom is 0.140 e. The molecular weight excluding hydrogens is 258 g/mol. The summed E-state index contributed by atoms with van der Waals surface area (Å²) in [6, 6.07) is 0. The lowest BCUT2D eigenvalue weighted by molar-refractivity contribution is -0.128. The molecule has 1 aliphatic rings. The Labute approximate surface area is 132 Å². The van der Waals surface area contributed by atoms with Gasteiger partial charge in [-0.1, -0.05) is 77.6 Å². The number of unbranched alkanes of at least 4 members (excludes halogenated alkanes) is 9. The maximum absolute atomic E-state index is 12.4. The van der Waals surface area contributed by atoms with Gasteiger partial charge in [0.15, 0.2) is 0 Å². The summed E-state index contributed by atoms with van der Waals surface area (Å²) in [5, 5.41) is 0. The van der Waals surface area contributed by atoms with Crippen LogP contribution in [-0.4, -0.2) is 12.3 Å². The number of nitrogens with two attached hydrogens (primary N) is 1. The molecule has 124 valence electrons. The minimum Gasteiger partial charge on any atom is -0.329 e. The fourth-order valence-electron chi connectivity index (χ4n) is 3.69. The number of carbonyl (C=O) groups excluding carboxylic acids is 1. The van der Waals surface area contributed by atoms with Crippen LogP contribution in [0.5, 0.6) is 0 Å². The van der Waals surface area contributed by atoms with Crippen LogP contribution < -0.4 is 5.73 Å². The van der Waals surface area contributed by atoms with Crippen molar-refractivity contribution < 1.29 is 4.79 Å². The van der Waals surface area contributed by atoms with Crippen molar-refractivity contribution >= 4 is 5.78 Å². The molecule has 2 N–H and O–H groups in total. The monoisotopic (exact) mass is 295 g/mol. The van der Waals surface area contributed by atoms with E-state index in [4.69, 9.17) is 5.73 Å². The molecule has 0 bridgehead atoms. The predicted molar refractivity (Wildman–Crippen MR) is 91.4 cm³/mol. The van der Waals surface area contributed by atoms with Crippen molar-refractivity contribution in [2.24, 2.45) is 11.1 Å². The van der Waals surface area contributed by atoms with Crippen LogP contribution in [-0.2, 0) is 4.79 Å². The first-order chi connectivity index (χ1) is 10.2. The third-order valence-electron chi connectivity index (χ3n) is 5.30. The molecule has 0 aliphatic heterocycles. The average molecular weight is 296 g/mol. The van der Waals surface area contributed by atoms with Crippen molar-refractivity contribution in [3.05, 3.63) is 0 Å². The third kappa shape index (κ3) is 6.95. The van der Waals surface area contributed by atoms with Crippen LogP contribution in [0.4, 0.5) is 0 Å². The van der Waals surface area contributed by atoms with Crippen molar-refractivity contribution in [1.29, 1.82) is 0 Å². The molecule has 0 aromatic rings. The van der Waals surface area contributed by atoms with Gasteiger partial charge >= 0.3 is 0 Å². The number of carbonyl (C=O) groups is 1. The Kier molecular flexibility index (Phi) is 9.99. The van der Waals surface area contributed by atoms with Crippen molar-refractivity contribution in [3.63, 3.8) is 0 Å². The number of Topliss-reactive ketones (excluding diaryl/α,β-unsaturated/α-hetero) is 1. The minimum atomic E-state index is -0.126. The molecule has 0 unspecified atom stereocenters. The van der Waals surface area contributed by atoms with Gasteiger partial charge < -0.3 is 5.73 Å². The van der Waals surface area contributed by atoms with Crippen LogP contribution in [0.25, 0.3) is 0 Å². The van der Waals surface area contributed by atoms with Crippen LogP contribution in [0.15, 0.2) is 0 Å². The summed E-state index contributed by atoms with van der Waals surface area (Å²) in [6.07, 6.45) is 18.5. The van der Waals surface area contributed by atoms with Crippen LogP contribution in [0.3, 0.4) is 0 Å². The van der Waals surface area contributed by atoms with Gasteiger partial charge in [-0.2, -0.15) is 0 Å². The van der Waals surface area contributed by atoms with E-state index in [1.165, 1.54) is 70.6 Å². The van der Waals surface area contributed by atoms with E-state index in [1.54, 1.807) is 0 Å². The molecule has 0 amide bonds. The van der Waals surface area contributed by atoms with E-state index < -0.39 is 0 Å². The number of hydrogen-bond donors (Lipinski definition) is 1. The Bertz CT molecular complexity index is 269. The van der Waals surface area contributed by atoms with Gasteiger partial charge in [-0.15, -0.1) is 0 Å². The number of rotatable bonds is 13. The lowest BCUT2D eigenvalue weighted by Gasteiger charge is -2.25. The molecular formula is C19H37NO. The van der Waals surface area contributed by atoms with Gasteiger partial charge in [0.05, 0.1) is 0 Å². The fraction of sp³-hybridized carbons (Fsp3) is 0.947. The van der Waals surface area contributed by atoms with E-state index in [2.05, 4.69) is 6.92 Å². The van der Waals surface area contributed by atoms with Gasteiger partial charge in [0, 0.05) is 18.4 Å². The molecule has 2 heteroatoms. The molecule has 0 atom stereocenters. The zero-order valence-electron chi connectivity index (χ0n) is 14.3. The standard InChI is InChI=1S/C19H37NO/c1-2-3-4-5-6-7-8-9-10-11-14-18(21)19(17-20)15-12-13-16-19/h2-17,20H2,1H3. The Hall–Kier alpha value is -0.370. The molecule has 0 radical (unpaired) electrons. The Morgan fingerprint density at radius 2 is 1.33 bits per heavy atom. The SMILES string of the molecule is CCCCCCCCCCCCC(=O)C1(CN)CCCC1. The van der Waals surface area contributed by atoms with Gasteiger partial charge in [0.25, 0.3) is 0 Å². The quantitative estimate of drug-likeness (QED) is 0.463. The summed E-state index contributed by atoms with van der Waals surface area (Å²) >= 11 is 0. The third-order valence-corrected chi connectivity index (χ3v) is 5.30. The second-order valence-electron chi connectivity index (χ2n) is 7.05. The first-order valence-corrected chi connectivity index (χ1v) is 9.48. The molecule has 21 heavy (non-hydrogen) atoms. The Morgan fingerprint density at radius 3 is 1.81 bits per heavy atom. The van der Waals surface area contributed by atoms with E-state index in [9.17, 15) is 4.79 Å². The van der Waals surface area contributed by atoms with Gasteiger partial charge in [-0.05, 0) is 19.3 Å². The zero-order chi connectivity index (χ0) is 15.4. The predicted octanol–water partition coefficient (Wildman–Crippen LogP) is 5.39. The Balaban J connectivity index is 1.95. The highest BCUT2D eigenvalue weighted by Gasteiger charge is 2.38. The molecule has 0 heterocycles. The van der Waals surface area contributed by atoms with Crippen LogP contribution in [0.1, 0.15) is 103 Å². The molecule has 0 spiro atoms. The van der Waals surface area contributed by atoms with Gasteiger partial charge in [-0.25, -0.2) is 0 Å². The summed E-state index contributed by atoms with van der Waals surface area (Å²) in [5.74, 6) is 0.460. The molecule has 1 fully saturated rings. The van der Waals surface area contributed by atoms with Crippen molar-refractivity contribution in [2.45, 2.75) is 103 Å². The number of ketones is 1. The Morgan fingerprint density at radius 1 is 0.857 bits per heavy atom. The van der Waals surface area contributed by atoms with Crippen molar-refractivity contribution in [2.75, 3.05) is 6.54 Å². The molecule has 0 aromatic heterocycles. The van der Waals surface area contributed by atoms with Crippen molar-refractivity contribution in [1.82, 2.24) is 0 Å². The normalized spacial score (nSPS) is 17.2. The molecule has 0 saturated heterocycles. The maximum atomic E-state index is 12.4. The lowest BCUT2D eigenvalue weighted by atomic mass is 9.79. The topological polar surface area (TPSA) is 43.1 Å². The lowest BCUT2D eigenvalue weighted by Crippen LogP contribution is -2.35.